The zero-order valence-corrected chi connectivity index (χ0v) is 25.6. The molecule has 45 heavy (non-hydrogen) atoms. The van der Waals surface area contributed by atoms with E-state index in [0.717, 1.165) is 11.1 Å². The summed E-state index contributed by atoms with van der Waals surface area (Å²) in [6.45, 7) is 1.47. The van der Waals surface area contributed by atoms with Gasteiger partial charge in [-0.05, 0) is 41.8 Å². The molecule has 1 fully saturated rings. The quantitative estimate of drug-likeness (QED) is 0.260. The monoisotopic (exact) mass is 633 g/mol. The number of carbonyl (C=O) groups is 2. The molecule has 0 spiro atoms. The van der Waals surface area contributed by atoms with Gasteiger partial charge in [-0.3, -0.25) is 14.2 Å². The Morgan fingerprint density at radius 3 is 2.62 bits per heavy atom. The van der Waals surface area contributed by atoms with Gasteiger partial charge in [0.25, 0.3) is 0 Å². The number of fused-ring (bicyclic) bond motifs is 1. The number of nitrogens with one attached hydrogen (secondary N) is 1. The number of aromatic nitrogens is 4. The van der Waals surface area contributed by atoms with Crippen molar-refractivity contribution in [3.63, 3.8) is 0 Å². The molecule has 1 saturated heterocycles. The van der Waals surface area contributed by atoms with Gasteiger partial charge in [0.1, 0.15) is 23.3 Å². The van der Waals surface area contributed by atoms with Gasteiger partial charge in [-0.2, -0.15) is 4.98 Å². The van der Waals surface area contributed by atoms with Gasteiger partial charge in [0.2, 0.25) is 24.6 Å². The predicted octanol–water partition coefficient (Wildman–Crippen LogP) is 2.68. The molecule has 13 nitrogen and oxygen atoms in total. The number of carbonyl (C=O) groups excluding carboxylic acids is 2. The van der Waals surface area contributed by atoms with E-state index >= 15 is 0 Å². The van der Waals surface area contributed by atoms with Crippen molar-refractivity contribution >= 4 is 29.2 Å². The standard InChI is InChI=1S/C31H32ClN7O6/c1-42-23-5-3-20(13-25(23)43-2)7-8-34-30(41)22-17-37(28-16-27(32)35-31(36-28)38-10-9-33-18-38)11-12-39(22)29(40)15-21-4-6-24-26(14-21)45-19-44-24/h3-6,9-10,13-14,16,18,22H,7-8,11-12,15,17,19H2,1-2H3,(H,34,41). The molecule has 6 rings (SSSR count). The fraction of sp³-hybridized carbons (Fsp3) is 0.323. The average Bonchev–Trinajstić information content (AvgIpc) is 3.77. The largest absolute Gasteiger partial charge is 0.493 e. The number of benzene rings is 2. The Morgan fingerprint density at radius 1 is 1.00 bits per heavy atom. The van der Waals surface area contributed by atoms with Crippen molar-refractivity contribution in [2.75, 3.05) is 52.1 Å². The molecule has 4 heterocycles. The number of anilines is 1. The van der Waals surface area contributed by atoms with E-state index in [1.807, 2.05) is 29.2 Å². The van der Waals surface area contributed by atoms with Crippen molar-refractivity contribution in [3.05, 3.63) is 77.5 Å². The Kier molecular flexibility index (Phi) is 8.87. The van der Waals surface area contributed by atoms with Crippen LogP contribution in [-0.2, 0) is 22.4 Å². The van der Waals surface area contributed by atoms with Crippen LogP contribution in [0, 0.1) is 0 Å². The number of piperazine rings is 1. The second-order valence-electron chi connectivity index (χ2n) is 10.5. The number of methoxy groups -OCH3 is 2. The highest BCUT2D eigenvalue weighted by atomic mass is 35.5. The normalized spacial score (nSPS) is 15.6. The van der Waals surface area contributed by atoms with Gasteiger partial charge in [-0.1, -0.05) is 23.7 Å². The van der Waals surface area contributed by atoms with Crippen LogP contribution in [-0.4, -0.2) is 89.5 Å². The van der Waals surface area contributed by atoms with Gasteiger partial charge in [-0.25, -0.2) is 9.97 Å². The van der Waals surface area contributed by atoms with Crippen molar-refractivity contribution in [1.82, 2.24) is 29.7 Å². The molecular formula is C31H32ClN7O6. The molecule has 2 amide bonds. The van der Waals surface area contributed by atoms with E-state index in [0.29, 0.717) is 60.8 Å². The molecule has 2 aliphatic rings. The smallest absolute Gasteiger partial charge is 0.244 e. The van der Waals surface area contributed by atoms with Gasteiger partial charge in [0.05, 0.1) is 20.6 Å². The lowest BCUT2D eigenvalue weighted by atomic mass is 10.1. The Balaban J connectivity index is 1.19. The summed E-state index contributed by atoms with van der Waals surface area (Å²) in [5.41, 5.74) is 1.74. The highest BCUT2D eigenvalue weighted by Gasteiger charge is 2.36. The van der Waals surface area contributed by atoms with Crippen LogP contribution in [0.4, 0.5) is 5.82 Å². The number of hydrogen-bond donors (Lipinski definition) is 1. The maximum atomic E-state index is 13.7. The fourth-order valence-corrected chi connectivity index (χ4v) is 5.55. The van der Waals surface area contributed by atoms with E-state index in [-0.39, 0.29) is 36.7 Å². The number of hydrogen-bond acceptors (Lipinski definition) is 10. The highest BCUT2D eigenvalue weighted by molar-refractivity contribution is 6.29. The lowest BCUT2D eigenvalue weighted by molar-refractivity contribution is -0.140. The molecule has 234 valence electrons. The van der Waals surface area contributed by atoms with Crippen LogP contribution in [0.5, 0.6) is 23.0 Å². The molecule has 2 aromatic carbocycles. The molecule has 0 saturated carbocycles. The van der Waals surface area contributed by atoms with Crippen molar-refractivity contribution in [1.29, 1.82) is 0 Å². The number of amides is 2. The lowest BCUT2D eigenvalue weighted by Crippen LogP contribution is -2.61. The summed E-state index contributed by atoms with van der Waals surface area (Å²) in [7, 11) is 3.16. The fourth-order valence-electron chi connectivity index (χ4n) is 5.37. The molecule has 4 aromatic rings. The number of rotatable bonds is 10. The minimum absolute atomic E-state index is 0.107. The van der Waals surface area contributed by atoms with Crippen LogP contribution in [0.15, 0.2) is 61.2 Å². The van der Waals surface area contributed by atoms with Gasteiger partial charge in [-0.15, -0.1) is 0 Å². The van der Waals surface area contributed by atoms with Crippen molar-refractivity contribution in [2.24, 2.45) is 0 Å². The molecular weight excluding hydrogens is 602 g/mol. The maximum absolute atomic E-state index is 13.7. The lowest BCUT2D eigenvalue weighted by Gasteiger charge is -2.41. The number of halogens is 1. The molecule has 2 aliphatic heterocycles. The van der Waals surface area contributed by atoms with Crippen LogP contribution in [0.1, 0.15) is 11.1 Å². The van der Waals surface area contributed by atoms with Crippen LogP contribution in [0.2, 0.25) is 5.15 Å². The van der Waals surface area contributed by atoms with Gasteiger partial charge in [0.15, 0.2) is 23.0 Å². The summed E-state index contributed by atoms with van der Waals surface area (Å²) in [5.74, 6) is 2.95. The van der Waals surface area contributed by atoms with E-state index in [9.17, 15) is 9.59 Å². The first-order valence-corrected chi connectivity index (χ1v) is 14.7. The molecule has 14 heteroatoms. The average molecular weight is 634 g/mol. The van der Waals surface area contributed by atoms with E-state index in [1.54, 1.807) is 60.6 Å². The molecule has 1 N–H and O–H groups in total. The van der Waals surface area contributed by atoms with Crippen LogP contribution < -0.4 is 29.2 Å². The molecule has 1 unspecified atom stereocenters. The Bertz CT molecular complexity index is 1690. The van der Waals surface area contributed by atoms with E-state index in [4.69, 9.17) is 30.5 Å². The molecule has 0 aliphatic carbocycles. The summed E-state index contributed by atoms with van der Waals surface area (Å²) in [4.78, 5) is 44.0. The predicted molar refractivity (Wildman–Crippen MR) is 164 cm³/mol. The Labute approximate surface area is 264 Å². The second kappa shape index (κ2) is 13.3. The zero-order chi connectivity index (χ0) is 31.3. The third-order valence-electron chi connectivity index (χ3n) is 7.69. The first kappa shape index (κ1) is 30.0. The number of imidazole rings is 1. The van der Waals surface area contributed by atoms with Gasteiger partial charge in [0, 0.05) is 44.6 Å². The van der Waals surface area contributed by atoms with Gasteiger partial charge < -0.3 is 34.1 Å². The number of nitrogens with zero attached hydrogens (tertiary/aromatic N) is 6. The van der Waals surface area contributed by atoms with Crippen LogP contribution in [0.25, 0.3) is 5.95 Å². The second-order valence-corrected chi connectivity index (χ2v) is 10.8. The summed E-state index contributed by atoms with van der Waals surface area (Å²) < 4.78 is 23.3. The van der Waals surface area contributed by atoms with E-state index in [1.165, 1.54) is 0 Å². The van der Waals surface area contributed by atoms with Gasteiger partial charge >= 0.3 is 0 Å². The van der Waals surface area contributed by atoms with Crippen molar-refractivity contribution < 1.29 is 28.5 Å². The topological polar surface area (TPSA) is 133 Å². The maximum Gasteiger partial charge on any atom is 0.244 e. The Hall–Kier alpha value is -5.04. The summed E-state index contributed by atoms with van der Waals surface area (Å²) in [6.07, 6.45) is 5.59. The molecule has 1 atom stereocenters. The first-order chi connectivity index (χ1) is 21.9. The summed E-state index contributed by atoms with van der Waals surface area (Å²) >= 11 is 6.37. The molecule has 2 aromatic heterocycles. The Morgan fingerprint density at radius 2 is 1.82 bits per heavy atom. The van der Waals surface area contributed by atoms with Crippen LogP contribution >= 0.6 is 11.6 Å². The van der Waals surface area contributed by atoms with Crippen molar-refractivity contribution in [3.8, 4) is 28.9 Å². The van der Waals surface area contributed by atoms with E-state index < -0.39 is 6.04 Å². The first-order valence-electron chi connectivity index (χ1n) is 14.4. The zero-order valence-electron chi connectivity index (χ0n) is 24.8. The minimum Gasteiger partial charge on any atom is -0.493 e. The third kappa shape index (κ3) is 6.73. The van der Waals surface area contributed by atoms with Crippen molar-refractivity contribution in [2.45, 2.75) is 18.9 Å². The number of ether oxygens (including phenoxy) is 4. The summed E-state index contributed by atoms with van der Waals surface area (Å²) in [6, 6.07) is 11.9. The minimum atomic E-state index is -0.781. The third-order valence-corrected chi connectivity index (χ3v) is 7.88. The SMILES string of the molecule is COc1ccc(CCNC(=O)C2CN(c3cc(Cl)nc(-n4ccnc4)n3)CCN2C(=O)Cc2ccc3c(c2)OCO3)cc1OC. The highest BCUT2D eigenvalue weighted by Crippen LogP contribution is 2.33. The summed E-state index contributed by atoms with van der Waals surface area (Å²) in [5, 5.41) is 3.28. The molecule has 0 bridgehead atoms. The van der Waals surface area contributed by atoms with Crippen LogP contribution in [0.3, 0.4) is 0 Å². The van der Waals surface area contributed by atoms with E-state index in [2.05, 4.69) is 20.3 Å². The molecule has 0 radical (unpaired) electrons.